The Morgan fingerprint density at radius 3 is 2.33 bits per heavy atom. The lowest BCUT2D eigenvalue weighted by Gasteiger charge is -2.24. The summed E-state index contributed by atoms with van der Waals surface area (Å²) in [5.41, 5.74) is 2.41. The molecule has 0 saturated heterocycles. The van der Waals surface area contributed by atoms with Crippen LogP contribution in [-0.2, 0) is 19.7 Å². The fourth-order valence-electron chi connectivity index (χ4n) is 4.04. The van der Waals surface area contributed by atoms with Crippen molar-refractivity contribution in [3.8, 4) is 0 Å². The van der Waals surface area contributed by atoms with Crippen LogP contribution in [0.15, 0.2) is 24.3 Å². The summed E-state index contributed by atoms with van der Waals surface area (Å²) < 4.78 is 4.64. The van der Waals surface area contributed by atoms with Crippen LogP contribution in [0.25, 0.3) is 0 Å². The van der Waals surface area contributed by atoms with Crippen LogP contribution in [-0.4, -0.2) is 30.1 Å². The third kappa shape index (κ3) is 5.90. The van der Waals surface area contributed by atoms with Gasteiger partial charge in [0, 0.05) is 24.7 Å². The summed E-state index contributed by atoms with van der Waals surface area (Å²) in [5.74, 6) is -0.174. The topological polar surface area (TPSA) is 63.6 Å². The molecule has 0 aliphatic heterocycles. The van der Waals surface area contributed by atoms with Crippen LogP contribution in [0.3, 0.4) is 0 Å². The summed E-state index contributed by atoms with van der Waals surface area (Å²) in [6.45, 7) is 6.54. The van der Waals surface area contributed by atoms with Gasteiger partial charge in [-0.25, -0.2) is 0 Å². The molecule has 0 amide bonds. The molecule has 27 heavy (non-hydrogen) atoms. The van der Waals surface area contributed by atoms with E-state index in [2.05, 4.69) is 49.8 Å². The van der Waals surface area contributed by atoms with Crippen LogP contribution >= 0.6 is 0 Å². The van der Waals surface area contributed by atoms with Gasteiger partial charge in [-0.1, -0.05) is 64.3 Å². The third-order valence-electron chi connectivity index (χ3n) is 5.71. The van der Waals surface area contributed by atoms with Gasteiger partial charge in [0.2, 0.25) is 0 Å². The molecule has 1 aromatic carbocycles. The van der Waals surface area contributed by atoms with E-state index in [0.717, 1.165) is 37.7 Å². The second-order valence-electron chi connectivity index (χ2n) is 8.77. The molecule has 4 heteroatoms. The van der Waals surface area contributed by atoms with Crippen LogP contribution in [0.2, 0.25) is 0 Å². The van der Waals surface area contributed by atoms with E-state index >= 15 is 0 Å². The number of Topliss-reactive ketones (excluding diaryl/α,β-unsaturated/α-hetero) is 1. The van der Waals surface area contributed by atoms with Crippen molar-refractivity contribution in [3.05, 3.63) is 35.4 Å². The molecule has 0 unspecified atom stereocenters. The molecule has 1 aliphatic carbocycles. The fraction of sp³-hybridized carbons (Fsp3) is 0.652. The smallest absolute Gasteiger partial charge is 0.305 e. The normalized spacial score (nSPS) is 22.9. The Morgan fingerprint density at radius 2 is 1.74 bits per heavy atom. The number of benzene rings is 1. The molecule has 0 bridgehead atoms. The number of aliphatic hydroxyl groups excluding tert-OH is 1. The van der Waals surface area contributed by atoms with Crippen molar-refractivity contribution in [2.24, 2.45) is 5.92 Å². The van der Waals surface area contributed by atoms with Gasteiger partial charge in [-0.2, -0.15) is 0 Å². The number of esters is 1. The molecule has 0 aromatic heterocycles. The standard InChI is InChI=1S/C23H34O4/c1-23(2,3)17-13-11-16(12-14-17)22-18(19(24)15-20(22)25)9-7-5-6-8-10-21(26)27-4/h11-14,18,20,22,25H,5-10,15H2,1-4H3/t18-,20+,22+/m0/s1. The average molecular weight is 375 g/mol. The maximum absolute atomic E-state index is 12.4. The van der Waals surface area contributed by atoms with Gasteiger partial charge in [0.15, 0.2) is 0 Å². The Hall–Kier alpha value is -1.68. The number of methoxy groups -OCH3 is 1. The highest BCUT2D eigenvalue weighted by Crippen LogP contribution is 2.41. The van der Waals surface area contributed by atoms with Crippen LogP contribution in [0.4, 0.5) is 0 Å². The van der Waals surface area contributed by atoms with Crippen molar-refractivity contribution in [2.45, 2.75) is 83.2 Å². The van der Waals surface area contributed by atoms with E-state index in [1.165, 1.54) is 12.7 Å². The highest BCUT2D eigenvalue weighted by molar-refractivity contribution is 5.85. The lowest BCUT2D eigenvalue weighted by atomic mass is 9.81. The molecule has 1 aliphatic rings. The number of hydrogen-bond acceptors (Lipinski definition) is 4. The quantitative estimate of drug-likeness (QED) is 0.536. The predicted molar refractivity (Wildman–Crippen MR) is 107 cm³/mol. The highest BCUT2D eigenvalue weighted by Gasteiger charge is 2.41. The molecule has 4 nitrogen and oxygen atoms in total. The SMILES string of the molecule is COC(=O)CCCCCC[C@H]1C(=O)C[C@@H](O)[C@@H]1c1ccc(C(C)(C)C)cc1. The molecular weight excluding hydrogens is 340 g/mol. The summed E-state index contributed by atoms with van der Waals surface area (Å²) in [6, 6.07) is 8.40. The number of aliphatic hydroxyl groups is 1. The van der Waals surface area contributed by atoms with Gasteiger partial charge in [0.1, 0.15) is 5.78 Å². The number of carbonyl (C=O) groups excluding carboxylic acids is 2. The van der Waals surface area contributed by atoms with Crippen molar-refractivity contribution in [1.29, 1.82) is 0 Å². The molecular formula is C23H34O4. The Balaban J connectivity index is 1.92. The van der Waals surface area contributed by atoms with Gasteiger partial charge >= 0.3 is 5.97 Å². The second kappa shape index (κ2) is 9.50. The lowest BCUT2D eigenvalue weighted by Crippen LogP contribution is -2.19. The molecule has 1 saturated carbocycles. The van der Waals surface area contributed by atoms with E-state index in [0.29, 0.717) is 6.42 Å². The molecule has 1 N–H and O–H groups in total. The van der Waals surface area contributed by atoms with Crippen LogP contribution in [0.1, 0.15) is 82.8 Å². The van der Waals surface area contributed by atoms with Crippen LogP contribution in [0, 0.1) is 5.92 Å². The first-order chi connectivity index (χ1) is 12.7. The maximum atomic E-state index is 12.4. The van der Waals surface area contributed by atoms with Crippen LogP contribution < -0.4 is 0 Å². The van der Waals surface area contributed by atoms with Gasteiger partial charge in [-0.15, -0.1) is 0 Å². The first-order valence-corrected chi connectivity index (χ1v) is 10.1. The molecule has 3 atom stereocenters. The zero-order chi connectivity index (χ0) is 20.0. The summed E-state index contributed by atoms with van der Waals surface area (Å²) >= 11 is 0. The summed E-state index contributed by atoms with van der Waals surface area (Å²) in [5, 5.41) is 10.5. The molecule has 0 heterocycles. The largest absolute Gasteiger partial charge is 0.469 e. The molecule has 1 aromatic rings. The van der Waals surface area contributed by atoms with Gasteiger partial charge in [-0.3, -0.25) is 9.59 Å². The van der Waals surface area contributed by atoms with Crippen molar-refractivity contribution >= 4 is 11.8 Å². The predicted octanol–water partition coefficient (Wildman–Crippen LogP) is 4.53. The lowest BCUT2D eigenvalue weighted by molar-refractivity contribution is -0.140. The number of unbranched alkanes of at least 4 members (excludes halogenated alkanes) is 3. The van der Waals surface area contributed by atoms with Gasteiger partial charge in [0.25, 0.3) is 0 Å². The minimum Gasteiger partial charge on any atom is -0.469 e. The van der Waals surface area contributed by atoms with Crippen molar-refractivity contribution in [3.63, 3.8) is 0 Å². The zero-order valence-electron chi connectivity index (χ0n) is 17.2. The average Bonchev–Trinajstić information content (AvgIpc) is 2.90. The fourth-order valence-corrected chi connectivity index (χ4v) is 4.04. The minimum absolute atomic E-state index is 0.0895. The minimum atomic E-state index is -0.581. The summed E-state index contributed by atoms with van der Waals surface area (Å²) in [4.78, 5) is 23.5. The number of carbonyl (C=O) groups is 2. The van der Waals surface area contributed by atoms with Gasteiger partial charge in [0.05, 0.1) is 13.2 Å². The zero-order valence-corrected chi connectivity index (χ0v) is 17.2. The molecule has 1 fully saturated rings. The van der Waals surface area contributed by atoms with E-state index in [4.69, 9.17) is 0 Å². The van der Waals surface area contributed by atoms with E-state index in [1.54, 1.807) is 0 Å². The monoisotopic (exact) mass is 374 g/mol. The first kappa shape index (κ1) is 21.6. The first-order valence-electron chi connectivity index (χ1n) is 10.1. The second-order valence-corrected chi connectivity index (χ2v) is 8.77. The Morgan fingerprint density at radius 1 is 1.11 bits per heavy atom. The van der Waals surface area contributed by atoms with Crippen molar-refractivity contribution in [1.82, 2.24) is 0 Å². The summed E-state index contributed by atoms with van der Waals surface area (Å²) in [7, 11) is 1.41. The van der Waals surface area contributed by atoms with E-state index < -0.39 is 6.10 Å². The molecule has 2 rings (SSSR count). The number of hydrogen-bond donors (Lipinski definition) is 1. The summed E-state index contributed by atoms with van der Waals surface area (Å²) in [6.07, 6.45) is 4.67. The highest BCUT2D eigenvalue weighted by atomic mass is 16.5. The van der Waals surface area contributed by atoms with Gasteiger partial charge in [-0.05, 0) is 29.4 Å². The van der Waals surface area contributed by atoms with Crippen molar-refractivity contribution < 1.29 is 19.4 Å². The third-order valence-corrected chi connectivity index (χ3v) is 5.71. The number of ketones is 1. The van der Waals surface area contributed by atoms with E-state index in [9.17, 15) is 14.7 Å². The van der Waals surface area contributed by atoms with Gasteiger partial charge < -0.3 is 9.84 Å². The van der Waals surface area contributed by atoms with E-state index in [-0.39, 0.29) is 35.4 Å². The van der Waals surface area contributed by atoms with Crippen molar-refractivity contribution in [2.75, 3.05) is 7.11 Å². The number of rotatable bonds is 8. The molecule has 0 spiro atoms. The Kier molecular flexibility index (Phi) is 7.60. The Bertz CT molecular complexity index is 627. The molecule has 0 radical (unpaired) electrons. The Labute approximate surface area is 163 Å². The van der Waals surface area contributed by atoms with E-state index in [1.807, 2.05) is 0 Å². The number of ether oxygens (including phenoxy) is 1. The maximum Gasteiger partial charge on any atom is 0.305 e. The van der Waals surface area contributed by atoms with Crippen LogP contribution in [0.5, 0.6) is 0 Å². The molecule has 150 valence electrons.